The molecule has 1 heterocycles. The van der Waals surface area contributed by atoms with Crippen molar-refractivity contribution in [1.82, 2.24) is 15.0 Å². The maximum absolute atomic E-state index is 4.34. The van der Waals surface area contributed by atoms with E-state index in [4.69, 9.17) is 0 Å². The van der Waals surface area contributed by atoms with Crippen LogP contribution in [0.3, 0.4) is 0 Å². The Morgan fingerprint density at radius 3 is 2.38 bits per heavy atom. The number of aryl methyl sites for hydroxylation is 1. The highest BCUT2D eigenvalue weighted by atomic mass is 15.4. The molecule has 0 atom stereocenters. The third-order valence-corrected chi connectivity index (χ3v) is 2.72. The zero-order chi connectivity index (χ0) is 12.1. The van der Waals surface area contributed by atoms with Gasteiger partial charge in [-0.1, -0.05) is 46.3 Å². The fourth-order valence-electron chi connectivity index (χ4n) is 1.99. The highest BCUT2D eigenvalue weighted by Crippen LogP contribution is 2.20. The predicted molar refractivity (Wildman–Crippen MR) is 67.6 cm³/mol. The Kier molecular flexibility index (Phi) is 4.97. The molecule has 1 aromatic heterocycles. The van der Waals surface area contributed by atoms with E-state index in [1.165, 1.54) is 24.2 Å². The summed E-state index contributed by atoms with van der Waals surface area (Å²) in [6, 6.07) is 0. The quantitative estimate of drug-likeness (QED) is 0.740. The molecule has 0 unspecified atom stereocenters. The summed E-state index contributed by atoms with van der Waals surface area (Å²) in [6.07, 6.45) is 3.43. The first-order chi connectivity index (χ1) is 7.56. The lowest BCUT2D eigenvalue weighted by molar-refractivity contribution is 0.521. The Morgan fingerprint density at radius 1 is 1.19 bits per heavy atom. The van der Waals surface area contributed by atoms with Gasteiger partial charge in [0.05, 0.1) is 11.4 Å². The molecule has 1 aromatic rings. The second kappa shape index (κ2) is 6.02. The van der Waals surface area contributed by atoms with Gasteiger partial charge in [-0.25, -0.2) is 4.68 Å². The SMILES string of the molecule is CCCCn1nnc(CC(C)C)c1C(C)C. The van der Waals surface area contributed by atoms with Crippen molar-refractivity contribution < 1.29 is 0 Å². The maximum Gasteiger partial charge on any atom is 0.0864 e. The van der Waals surface area contributed by atoms with Crippen LogP contribution in [0.2, 0.25) is 0 Å². The van der Waals surface area contributed by atoms with Gasteiger partial charge in [-0.05, 0) is 24.7 Å². The van der Waals surface area contributed by atoms with Gasteiger partial charge < -0.3 is 0 Å². The first-order valence-corrected chi connectivity index (χ1v) is 6.48. The Morgan fingerprint density at radius 2 is 1.88 bits per heavy atom. The van der Waals surface area contributed by atoms with Crippen molar-refractivity contribution in [1.29, 1.82) is 0 Å². The molecule has 0 amide bonds. The smallest absolute Gasteiger partial charge is 0.0864 e. The van der Waals surface area contributed by atoms with Crippen LogP contribution in [0.1, 0.15) is 64.8 Å². The molecule has 0 N–H and O–H groups in total. The van der Waals surface area contributed by atoms with Crippen molar-refractivity contribution >= 4 is 0 Å². The summed E-state index contributed by atoms with van der Waals surface area (Å²) in [5.41, 5.74) is 2.53. The van der Waals surface area contributed by atoms with E-state index in [0.29, 0.717) is 11.8 Å². The second-order valence-electron chi connectivity index (χ2n) is 5.25. The zero-order valence-electron chi connectivity index (χ0n) is 11.3. The Hall–Kier alpha value is -0.860. The van der Waals surface area contributed by atoms with Crippen LogP contribution < -0.4 is 0 Å². The third kappa shape index (κ3) is 3.32. The Labute approximate surface area is 99.2 Å². The van der Waals surface area contributed by atoms with Crippen LogP contribution in [-0.4, -0.2) is 15.0 Å². The summed E-state index contributed by atoms with van der Waals surface area (Å²) in [5, 5.41) is 8.64. The average Bonchev–Trinajstić information content (AvgIpc) is 2.56. The van der Waals surface area contributed by atoms with Crippen LogP contribution in [0.5, 0.6) is 0 Å². The summed E-state index contributed by atoms with van der Waals surface area (Å²) in [7, 11) is 0. The van der Waals surface area contributed by atoms with Crippen molar-refractivity contribution in [2.24, 2.45) is 5.92 Å². The normalized spacial score (nSPS) is 11.7. The van der Waals surface area contributed by atoms with Gasteiger partial charge in [-0.2, -0.15) is 0 Å². The molecule has 0 saturated carbocycles. The van der Waals surface area contributed by atoms with Crippen molar-refractivity contribution in [3.05, 3.63) is 11.4 Å². The fraction of sp³-hybridized carbons (Fsp3) is 0.846. The summed E-state index contributed by atoms with van der Waals surface area (Å²) in [6.45, 7) is 12.1. The summed E-state index contributed by atoms with van der Waals surface area (Å²) >= 11 is 0. The Balaban J connectivity index is 2.88. The average molecular weight is 223 g/mol. The second-order valence-corrected chi connectivity index (χ2v) is 5.25. The first-order valence-electron chi connectivity index (χ1n) is 6.48. The minimum Gasteiger partial charge on any atom is -0.249 e. The molecule has 0 spiro atoms. The molecule has 0 fully saturated rings. The molecule has 0 aromatic carbocycles. The summed E-state index contributed by atoms with van der Waals surface area (Å²) < 4.78 is 2.10. The van der Waals surface area contributed by atoms with E-state index in [2.05, 4.69) is 49.6 Å². The van der Waals surface area contributed by atoms with E-state index < -0.39 is 0 Å². The van der Waals surface area contributed by atoms with Crippen molar-refractivity contribution in [3.63, 3.8) is 0 Å². The highest BCUT2D eigenvalue weighted by Gasteiger charge is 2.16. The Bertz CT molecular complexity index is 313. The molecule has 0 radical (unpaired) electrons. The molecule has 0 saturated heterocycles. The van der Waals surface area contributed by atoms with Crippen LogP contribution >= 0.6 is 0 Å². The lowest BCUT2D eigenvalue weighted by Gasteiger charge is -2.11. The number of rotatable bonds is 6. The molecule has 3 heteroatoms. The van der Waals surface area contributed by atoms with E-state index in [1.54, 1.807) is 0 Å². The minimum absolute atomic E-state index is 0.514. The van der Waals surface area contributed by atoms with E-state index in [0.717, 1.165) is 13.0 Å². The van der Waals surface area contributed by atoms with Crippen molar-refractivity contribution in [3.8, 4) is 0 Å². The van der Waals surface area contributed by atoms with Gasteiger partial charge >= 0.3 is 0 Å². The van der Waals surface area contributed by atoms with Gasteiger partial charge in [0.15, 0.2) is 0 Å². The summed E-state index contributed by atoms with van der Waals surface area (Å²) in [5.74, 6) is 1.16. The molecule has 3 nitrogen and oxygen atoms in total. The van der Waals surface area contributed by atoms with Gasteiger partial charge in [-0.3, -0.25) is 0 Å². The van der Waals surface area contributed by atoms with Crippen LogP contribution in [0.4, 0.5) is 0 Å². The fourth-order valence-corrected chi connectivity index (χ4v) is 1.99. The van der Waals surface area contributed by atoms with Gasteiger partial charge in [-0.15, -0.1) is 5.10 Å². The predicted octanol–water partition coefficient (Wildman–Crippen LogP) is 3.40. The van der Waals surface area contributed by atoms with Gasteiger partial charge in [0.1, 0.15) is 0 Å². The summed E-state index contributed by atoms with van der Waals surface area (Å²) in [4.78, 5) is 0. The number of aromatic nitrogens is 3. The molecular formula is C13H25N3. The molecule has 1 rings (SSSR count). The zero-order valence-corrected chi connectivity index (χ0v) is 11.3. The van der Waals surface area contributed by atoms with Crippen molar-refractivity contribution in [2.75, 3.05) is 0 Å². The monoisotopic (exact) mass is 223 g/mol. The number of unbranched alkanes of at least 4 members (excludes halogenated alkanes) is 1. The molecule has 0 bridgehead atoms. The van der Waals surface area contributed by atoms with E-state index in [9.17, 15) is 0 Å². The number of hydrogen-bond acceptors (Lipinski definition) is 2. The molecule has 16 heavy (non-hydrogen) atoms. The number of nitrogens with zero attached hydrogens (tertiary/aromatic N) is 3. The lowest BCUT2D eigenvalue weighted by atomic mass is 10.0. The molecule has 0 aliphatic heterocycles. The minimum atomic E-state index is 0.514. The van der Waals surface area contributed by atoms with Crippen LogP contribution in [0, 0.1) is 5.92 Å². The van der Waals surface area contributed by atoms with E-state index in [1.807, 2.05) is 0 Å². The van der Waals surface area contributed by atoms with E-state index >= 15 is 0 Å². The van der Waals surface area contributed by atoms with Crippen LogP contribution in [-0.2, 0) is 13.0 Å². The molecular weight excluding hydrogens is 198 g/mol. The van der Waals surface area contributed by atoms with E-state index in [-0.39, 0.29) is 0 Å². The van der Waals surface area contributed by atoms with Crippen LogP contribution in [0.25, 0.3) is 0 Å². The topological polar surface area (TPSA) is 30.7 Å². The maximum atomic E-state index is 4.34. The van der Waals surface area contributed by atoms with Crippen LogP contribution in [0.15, 0.2) is 0 Å². The number of hydrogen-bond donors (Lipinski definition) is 0. The van der Waals surface area contributed by atoms with Gasteiger partial charge in [0.2, 0.25) is 0 Å². The van der Waals surface area contributed by atoms with Gasteiger partial charge in [0, 0.05) is 6.54 Å². The molecule has 0 aliphatic rings. The highest BCUT2D eigenvalue weighted by molar-refractivity contribution is 5.14. The largest absolute Gasteiger partial charge is 0.249 e. The standard InChI is InChI=1S/C13H25N3/c1-6-7-8-16-13(11(4)5)12(14-15-16)9-10(2)3/h10-11H,6-9H2,1-5H3. The third-order valence-electron chi connectivity index (χ3n) is 2.72. The van der Waals surface area contributed by atoms with Crippen molar-refractivity contribution in [2.45, 2.75) is 66.3 Å². The molecule has 0 aliphatic carbocycles. The molecule has 92 valence electrons. The first kappa shape index (κ1) is 13.2. The lowest BCUT2D eigenvalue weighted by Crippen LogP contribution is -2.08. The van der Waals surface area contributed by atoms with Gasteiger partial charge in [0.25, 0.3) is 0 Å².